The summed E-state index contributed by atoms with van der Waals surface area (Å²) in [6.07, 6.45) is 5.66. The summed E-state index contributed by atoms with van der Waals surface area (Å²) in [5.74, 6) is 1.26. The van der Waals surface area contributed by atoms with Crippen molar-refractivity contribution in [1.82, 2.24) is 5.32 Å². The van der Waals surface area contributed by atoms with Crippen LogP contribution in [0.25, 0.3) is 0 Å². The van der Waals surface area contributed by atoms with E-state index in [0.717, 1.165) is 12.8 Å². The van der Waals surface area contributed by atoms with Crippen LogP contribution in [0.1, 0.15) is 42.5 Å². The van der Waals surface area contributed by atoms with Crippen LogP contribution in [0.15, 0.2) is 10.5 Å². The lowest BCUT2D eigenvalue weighted by Gasteiger charge is -2.23. The molecule has 1 fully saturated rings. The lowest BCUT2D eigenvalue weighted by atomic mass is 9.95. The van der Waals surface area contributed by atoms with E-state index in [4.69, 9.17) is 14.2 Å². The Morgan fingerprint density at radius 1 is 1.09 bits per heavy atom. The average molecular weight is 372 g/mol. The Labute approximate surface area is 139 Å². The minimum absolute atomic E-state index is 0.127. The molecule has 6 heteroatoms. The normalized spacial score (nSPS) is 15.3. The number of amides is 1. The average Bonchev–Trinajstić information content (AvgIpc) is 2.54. The van der Waals surface area contributed by atoms with Crippen LogP contribution in [-0.4, -0.2) is 33.3 Å². The van der Waals surface area contributed by atoms with Crippen LogP contribution in [0.3, 0.4) is 0 Å². The van der Waals surface area contributed by atoms with Gasteiger partial charge >= 0.3 is 0 Å². The fourth-order valence-electron chi connectivity index (χ4n) is 2.80. The zero-order chi connectivity index (χ0) is 16.1. The summed E-state index contributed by atoms with van der Waals surface area (Å²) in [4.78, 5) is 12.6. The maximum atomic E-state index is 12.6. The van der Waals surface area contributed by atoms with Gasteiger partial charge in [0.25, 0.3) is 5.91 Å². The Balaban J connectivity index is 2.31. The minimum atomic E-state index is -0.127. The summed E-state index contributed by atoms with van der Waals surface area (Å²) in [7, 11) is 4.60. The number of rotatable bonds is 5. The van der Waals surface area contributed by atoms with Crippen LogP contribution >= 0.6 is 15.9 Å². The van der Waals surface area contributed by atoms with Gasteiger partial charge in [-0.15, -0.1) is 0 Å². The van der Waals surface area contributed by atoms with E-state index in [9.17, 15) is 4.79 Å². The summed E-state index contributed by atoms with van der Waals surface area (Å²) in [6.45, 7) is 0. The number of ether oxygens (including phenoxy) is 3. The monoisotopic (exact) mass is 371 g/mol. The van der Waals surface area contributed by atoms with E-state index in [1.165, 1.54) is 40.6 Å². The second kappa shape index (κ2) is 7.72. The SMILES string of the molecule is COc1cc(C(=O)NC2CCCCC2)c(Br)c(OC)c1OC. The maximum absolute atomic E-state index is 12.6. The van der Waals surface area contributed by atoms with Crippen molar-refractivity contribution < 1.29 is 19.0 Å². The molecule has 0 spiro atoms. The van der Waals surface area contributed by atoms with Gasteiger partial charge in [-0.1, -0.05) is 19.3 Å². The lowest BCUT2D eigenvalue weighted by Crippen LogP contribution is -2.36. The minimum Gasteiger partial charge on any atom is -0.493 e. The third kappa shape index (κ3) is 3.48. The molecule has 1 amide bonds. The van der Waals surface area contributed by atoms with Gasteiger partial charge in [0.05, 0.1) is 31.4 Å². The van der Waals surface area contributed by atoms with Crippen LogP contribution in [0, 0.1) is 0 Å². The van der Waals surface area contributed by atoms with Gasteiger partial charge < -0.3 is 19.5 Å². The number of carbonyl (C=O) groups is 1. The van der Waals surface area contributed by atoms with Crippen molar-refractivity contribution in [2.75, 3.05) is 21.3 Å². The quantitative estimate of drug-likeness (QED) is 0.859. The van der Waals surface area contributed by atoms with Crippen LogP contribution in [0.4, 0.5) is 0 Å². The molecular weight excluding hydrogens is 350 g/mol. The molecule has 1 aliphatic carbocycles. The highest BCUT2D eigenvalue weighted by molar-refractivity contribution is 9.10. The Kier molecular flexibility index (Phi) is 5.94. The molecule has 5 nitrogen and oxygen atoms in total. The Morgan fingerprint density at radius 2 is 1.73 bits per heavy atom. The number of halogens is 1. The number of methoxy groups -OCH3 is 3. The van der Waals surface area contributed by atoms with Crippen LogP contribution in [0.2, 0.25) is 0 Å². The van der Waals surface area contributed by atoms with Crippen molar-refractivity contribution in [2.45, 2.75) is 38.1 Å². The Bertz CT molecular complexity index is 541. The van der Waals surface area contributed by atoms with E-state index in [1.54, 1.807) is 6.07 Å². The number of nitrogens with one attached hydrogen (secondary N) is 1. The number of hydrogen-bond acceptors (Lipinski definition) is 4. The van der Waals surface area contributed by atoms with Gasteiger partial charge in [0, 0.05) is 6.04 Å². The molecule has 0 atom stereocenters. The summed E-state index contributed by atoms with van der Waals surface area (Å²) in [5, 5.41) is 3.10. The summed E-state index contributed by atoms with van der Waals surface area (Å²) >= 11 is 3.44. The lowest BCUT2D eigenvalue weighted by molar-refractivity contribution is 0.0926. The van der Waals surface area contributed by atoms with Crippen molar-refractivity contribution in [3.63, 3.8) is 0 Å². The summed E-state index contributed by atoms with van der Waals surface area (Å²) in [5.41, 5.74) is 0.486. The molecule has 1 saturated carbocycles. The molecule has 1 N–H and O–H groups in total. The third-order valence-corrected chi connectivity index (χ3v) is 4.74. The van der Waals surface area contributed by atoms with Crippen molar-refractivity contribution >= 4 is 21.8 Å². The van der Waals surface area contributed by atoms with Gasteiger partial charge in [0.1, 0.15) is 0 Å². The van der Waals surface area contributed by atoms with E-state index in [0.29, 0.717) is 27.3 Å². The zero-order valence-corrected chi connectivity index (χ0v) is 14.8. The van der Waals surface area contributed by atoms with Crippen molar-refractivity contribution in [1.29, 1.82) is 0 Å². The molecule has 1 aliphatic rings. The molecule has 2 rings (SSSR count). The van der Waals surface area contributed by atoms with E-state index in [-0.39, 0.29) is 11.9 Å². The zero-order valence-electron chi connectivity index (χ0n) is 13.2. The number of benzene rings is 1. The van der Waals surface area contributed by atoms with E-state index in [1.807, 2.05) is 0 Å². The number of hydrogen-bond donors (Lipinski definition) is 1. The molecule has 0 saturated heterocycles. The number of carbonyl (C=O) groups excluding carboxylic acids is 1. The predicted molar refractivity (Wildman–Crippen MR) is 88.1 cm³/mol. The van der Waals surface area contributed by atoms with E-state index >= 15 is 0 Å². The van der Waals surface area contributed by atoms with Crippen LogP contribution < -0.4 is 19.5 Å². The molecule has 22 heavy (non-hydrogen) atoms. The van der Waals surface area contributed by atoms with Crippen LogP contribution in [-0.2, 0) is 0 Å². The summed E-state index contributed by atoms with van der Waals surface area (Å²) < 4.78 is 16.5. The van der Waals surface area contributed by atoms with Gasteiger partial charge in [-0.05, 0) is 34.8 Å². The fraction of sp³-hybridized carbons (Fsp3) is 0.562. The fourth-order valence-corrected chi connectivity index (χ4v) is 3.43. The third-order valence-electron chi connectivity index (χ3n) is 3.95. The molecule has 0 heterocycles. The first-order chi connectivity index (χ1) is 10.6. The van der Waals surface area contributed by atoms with Gasteiger partial charge in [-0.3, -0.25) is 4.79 Å². The van der Waals surface area contributed by atoms with Gasteiger partial charge in [-0.2, -0.15) is 0 Å². The Morgan fingerprint density at radius 3 is 2.27 bits per heavy atom. The smallest absolute Gasteiger partial charge is 0.252 e. The largest absolute Gasteiger partial charge is 0.493 e. The molecular formula is C16H22BrNO4. The van der Waals surface area contributed by atoms with Crippen molar-refractivity contribution in [3.8, 4) is 17.2 Å². The van der Waals surface area contributed by atoms with Crippen molar-refractivity contribution in [2.24, 2.45) is 0 Å². The van der Waals surface area contributed by atoms with Gasteiger partial charge in [-0.25, -0.2) is 0 Å². The molecule has 1 aromatic rings. The molecule has 0 aromatic heterocycles. The van der Waals surface area contributed by atoms with E-state index < -0.39 is 0 Å². The second-order valence-electron chi connectivity index (χ2n) is 5.32. The van der Waals surface area contributed by atoms with Crippen LogP contribution in [0.5, 0.6) is 17.2 Å². The standard InChI is InChI=1S/C16H22BrNO4/c1-20-12-9-11(13(17)15(22-3)14(12)21-2)16(19)18-10-7-5-4-6-8-10/h9-10H,4-8H2,1-3H3,(H,18,19). The molecule has 0 radical (unpaired) electrons. The molecule has 0 aliphatic heterocycles. The first kappa shape index (κ1) is 16.9. The second-order valence-corrected chi connectivity index (χ2v) is 6.11. The molecule has 0 unspecified atom stereocenters. The first-order valence-corrected chi connectivity index (χ1v) is 8.21. The highest BCUT2D eigenvalue weighted by Gasteiger charge is 2.24. The van der Waals surface area contributed by atoms with Crippen molar-refractivity contribution in [3.05, 3.63) is 16.1 Å². The van der Waals surface area contributed by atoms with E-state index in [2.05, 4.69) is 21.2 Å². The first-order valence-electron chi connectivity index (χ1n) is 7.41. The highest BCUT2D eigenvalue weighted by atomic mass is 79.9. The van der Waals surface area contributed by atoms with Gasteiger partial charge in [0.15, 0.2) is 11.5 Å². The predicted octanol–water partition coefficient (Wildman–Crippen LogP) is 3.54. The molecule has 0 bridgehead atoms. The highest BCUT2D eigenvalue weighted by Crippen LogP contribution is 2.44. The summed E-state index contributed by atoms with van der Waals surface area (Å²) in [6, 6.07) is 1.91. The topological polar surface area (TPSA) is 56.8 Å². The molecule has 122 valence electrons. The Hall–Kier alpha value is -1.43. The maximum Gasteiger partial charge on any atom is 0.252 e. The van der Waals surface area contributed by atoms with Gasteiger partial charge in [0.2, 0.25) is 5.75 Å². The molecule has 1 aromatic carbocycles.